The number of thioether (sulfide) groups is 1. The van der Waals surface area contributed by atoms with Crippen LogP contribution in [-0.4, -0.2) is 128 Å². The number of carboxylic acid groups (broad SMARTS) is 4. The van der Waals surface area contributed by atoms with Gasteiger partial charge in [-0.1, -0.05) is 13.8 Å². The number of nitrogens with one attached hydrogen (secondary N) is 5. The molecule has 0 radical (unpaired) electrons. The van der Waals surface area contributed by atoms with E-state index in [2.05, 4.69) is 39.2 Å². The average molecular weight is 739 g/mol. The number of thiol groups is 1. The SMILES string of the molecule is CSCC[C@H](NC(=O)[C@H](CCC(=O)O)NC(=O)[C@@H](N)CC(=O)O)C(=O)N[C@@H](CCC(=O)O)C(=O)N[C@@H](CC(C)C)C(=O)N[C@@H](CS)C(=O)O. The summed E-state index contributed by atoms with van der Waals surface area (Å²) in [5.74, 6) is -10.4. The Hall–Kier alpha value is -4.11. The zero-order chi connectivity index (χ0) is 37.8. The van der Waals surface area contributed by atoms with E-state index in [1.54, 1.807) is 20.1 Å². The zero-order valence-corrected chi connectivity index (χ0v) is 29.0. The van der Waals surface area contributed by atoms with Crippen LogP contribution in [-0.2, 0) is 43.2 Å². The standard InChI is InChI=1S/C28H46N6O13S2/c1-13(2)10-18(27(45)34-19(12-48)28(46)47)33-25(43)16(5-7-21(37)38)31-26(44)17(8-9-49-3)32-24(42)15(4-6-20(35)36)30-23(41)14(29)11-22(39)40/h13-19,48H,4-12,29H2,1-3H3,(H,30,41)(H,31,44)(H,32,42)(H,33,43)(H,34,45)(H,35,36)(H,37,38)(H,39,40)(H,46,47)/t14-,15-,16-,17-,18-,19-/m0/s1. The molecule has 0 aromatic carbocycles. The van der Waals surface area contributed by atoms with Crippen LogP contribution in [0.5, 0.6) is 0 Å². The predicted molar refractivity (Wildman–Crippen MR) is 178 cm³/mol. The Morgan fingerprint density at radius 2 is 1.00 bits per heavy atom. The third-order valence-electron chi connectivity index (χ3n) is 6.67. The molecule has 19 nitrogen and oxygen atoms in total. The summed E-state index contributed by atoms with van der Waals surface area (Å²) in [6.07, 6.45) is -1.18. The number of aliphatic carboxylic acids is 4. The van der Waals surface area contributed by atoms with Crippen LogP contribution in [0.2, 0.25) is 0 Å². The molecule has 0 aromatic rings. The number of carbonyl (C=O) groups is 9. The van der Waals surface area contributed by atoms with Gasteiger partial charge in [0.05, 0.1) is 12.5 Å². The van der Waals surface area contributed by atoms with Crippen molar-refractivity contribution in [3.05, 3.63) is 0 Å². The molecular formula is C28H46N6O13S2. The predicted octanol–water partition coefficient (Wildman–Crippen LogP) is -2.24. The number of rotatable bonds is 25. The molecule has 0 spiro atoms. The van der Waals surface area contributed by atoms with Crippen molar-refractivity contribution in [3.8, 4) is 0 Å². The molecule has 5 amide bonds. The molecule has 0 unspecified atom stereocenters. The van der Waals surface area contributed by atoms with E-state index in [-0.39, 0.29) is 30.3 Å². The summed E-state index contributed by atoms with van der Waals surface area (Å²) < 4.78 is 0. The fourth-order valence-corrected chi connectivity index (χ4v) is 4.83. The second kappa shape index (κ2) is 23.3. The molecule has 278 valence electrons. The van der Waals surface area contributed by atoms with Crippen molar-refractivity contribution in [2.75, 3.05) is 17.8 Å². The van der Waals surface area contributed by atoms with Crippen LogP contribution in [0.4, 0.5) is 0 Å². The molecule has 21 heteroatoms. The molecule has 0 bridgehead atoms. The summed E-state index contributed by atoms with van der Waals surface area (Å²) in [6, 6.07) is -8.72. The molecule has 0 heterocycles. The second-order valence-corrected chi connectivity index (χ2v) is 12.7. The molecule has 6 atom stereocenters. The number of hydrogen-bond acceptors (Lipinski definition) is 12. The Bertz CT molecular complexity index is 1210. The second-order valence-electron chi connectivity index (χ2n) is 11.3. The highest BCUT2D eigenvalue weighted by Gasteiger charge is 2.33. The highest BCUT2D eigenvalue weighted by atomic mass is 32.2. The minimum Gasteiger partial charge on any atom is -0.481 e. The third kappa shape index (κ3) is 18.9. The molecule has 0 rings (SSSR count). The Morgan fingerprint density at radius 1 is 0.612 bits per heavy atom. The van der Waals surface area contributed by atoms with Crippen LogP contribution in [0.15, 0.2) is 0 Å². The van der Waals surface area contributed by atoms with Crippen LogP contribution < -0.4 is 32.3 Å². The highest BCUT2D eigenvalue weighted by Crippen LogP contribution is 2.10. The fraction of sp³-hybridized carbons (Fsp3) is 0.679. The van der Waals surface area contributed by atoms with Crippen molar-refractivity contribution in [2.24, 2.45) is 11.7 Å². The van der Waals surface area contributed by atoms with E-state index in [0.717, 1.165) is 0 Å². The average Bonchev–Trinajstić information content (AvgIpc) is 2.99. The smallest absolute Gasteiger partial charge is 0.327 e. The van der Waals surface area contributed by atoms with Crippen molar-refractivity contribution >= 4 is 77.8 Å². The largest absolute Gasteiger partial charge is 0.481 e. The van der Waals surface area contributed by atoms with E-state index in [1.807, 2.05) is 0 Å². The molecule has 0 saturated heterocycles. The van der Waals surface area contributed by atoms with Gasteiger partial charge in [0.25, 0.3) is 0 Å². The van der Waals surface area contributed by atoms with Crippen LogP contribution in [0.1, 0.15) is 58.8 Å². The van der Waals surface area contributed by atoms with E-state index < -0.39 is 122 Å². The molecular weight excluding hydrogens is 692 g/mol. The summed E-state index contributed by atoms with van der Waals surface area (Å²) in [7, 11) is 0. The molecule has 0 saturated carbocycles. The van der Waals surface area contributed by atoms with Crippen LogP contribution in [0.3, 0.4) is 0 Å². The summed E-state index contributed by atoms with van der Waals surface area (Å²) in [4.78, 5) is 110. The summed E-state index contributed by atoms with van der Waals surface area (Å²) in [5.41, 5.74) is 5.55. The van der Waals surface area contributed by atoms with Gasteiger partial charge in [0.2, 0.25) is 29.5 Å². The third-order valence-corrected chi connectivity index (χ3v) is 7.68. The molecule has 0 aromatic heterocycles. The maximum atomic E-state index is 13.5. The zero-order valence-electron chi connectivity index (χ0n) is 27.3. The monoisotopic (exact) mass is 738 g/mol. The van der Waals surface area contributed by atoms with Gasteiger partial charge in [0, 0.05) is 18.6 Å². The van der Waals surface area contributed by atoms with Crippen molar-refractivity contribution in [3.63, 3.8) is 0 Å². The maximum Gasteiger partial charge on any atom is 0.327 e. The van der Waals surface area contributed by atoms with Crippen molar-refractivity contribution in [1.82, 2.24) is 26.6 Å². The van der Waals surface area contributed by atoms with Crippen molar-refractivity contribution in [2.45, 2.75) is 95.0 Å². The van der Waals surface area contributed by atoms with Crippen molar-refractivity contribution in [1.29, 1.82) is 0 Å². The first-order valence-corrected chi connectivity index (χ1v) is 17.1. The Labute approximate surface area is 292 Å². The molecule has 0 aliphatic heterocycles. The number of carboxylic acids is 4. The number of amides is 5. The van der Waals surface area contributed by atoms with E-state index in [9.17, 15) is 53.4 Å². The van der Waals surface area contributed by atoms with Gasteiger partial charge in [-0.3, -0.25) is 38.4 Å². The maximum absolute atomic E-state index is 13.5. The Balaban J connectivity index is 6.19. The summed E-state index contributed by atoms with van der Waals surface area (Å²) >= 11 is 5.18. The molecule has 0 fully saturated rings. The lowest BCUT2D eigenvalue weighted by Crippen LogP contribution is -2.59. The molecule has 11 N–H and O–H groups in total. The Morgan fingerprint density at radius 3 is 1.37 bits per heavy atom. The van der Waals surface area contributed by atoms with Gasteiger partial charge < -0.3 is 52.7 Å². The molecule has 0 aliphatic rings. The van der Waals surface area contributed by atoms with Gasteiger partial charge in [0.15, 0.2) is 0 Å². The van der Waals surface area contributed by atoms with E-state index in [4.69, 9.17) is 15.9 Å². The highest BCUT2D eigenvalue weighted by molar-refractivity contribution is 7.98. The quantitative estimate of drug-likeness (QED) is 0.0441. The first-order chi connectivity index (χ1) is 22.8. The lowest BCUT2D eigenvalue weighted by molar-refractivity contribution is -0.141. The lowest BCUT2D eigenvalue weighted by atomic mass is 10.0. The lowest BCUT2D eigenvalue weighted by Gasteiger charge is -2.27. The van der Waals surface area contributed by atoms with Gasteiger partial charge in [-0.25, -0.2) is 4.79 Å². The van der Waals surface area contributed by atoms with Gasteiger partial charge in [-0.2, -0.15) is 24.4 Å². The minimum absolute atomic E-state index is 0.0389. The molecule has 0 aliphatic carbocycles. The fourth-order valence-electron chi connectivity index (χ4n) is 4.11. The van der Waals surface area contributed by atoms with Crippen molar-refractivity contribution < 1.29 is 63.6 Å². The number of nitrogens with two attached hydrogens (primary N) is 1. The normalized spacial score (nSPS) is 14.6. The Kier molecular flexibility index (Phi) is 21.3. The van der Waals surface area contributed by atoms with E-state index >= 15 is 0 Å². The van der Waals surface area contributed by atoms with Crippen LogP contribution in [0.25, 0.3) is 0 Å². The number of carbonyl (C=O) groups excluding carboxylic acids is 5. The van der Waals surface area contributed by atoms with Crippen LogP contribution in [0, 0.1) is 5.92 Å². The minimum atomic E-state index is -1.57. The molecule has 49 heavy (non-hydrogen) atoms. The summed E-state index contributed by atoms with van der Waals surface area (Å²) in [5, 5.41) is 48.2. The first kappa shape index (κ1) is 44.9. The topological polar surface area (TPSA) is 321 Å². The number of hydrogen-bond donors (Lipinski definition) is 11. The van der Waals surface area contributed by atoms with Gasteiger partial charge in [-0.15, -0.1) is 0 Å². The summed E-state index contributed by atoms with van der Waals surface area (Å²) in [6.45, 7) is 3.46. The first-order valence-electron chi connectivity index (χ1n) is 15.1. The van der Waals surface area contributed by atoms with E-state index in [1.165, 1.54) is 11.8 Å². The van der Waals surface area contributed by atoms with Gasteiger partial charge in [-0.05, 0) is 43.6 Å². The van der Waals surface area contributed by atoms with E-state index in [0.29, 0.717) is 0 Å². The van der Waals surface area contributed by atoms with Crippen LogP contribution >= 0.6 is 24.4 Å². The van der Waals surface area contributed by atoms with Gasteiger partial charge >= 0.3 is 23.9 Å². The van der Waals surface area contributed by atoms with Gasteiger partial charge in [0.1, 0.15) is 30.2 Å².